The molecule has 0 saturated heterocycles. The Kier molecular flexibility index (Phi) is 5.18. The van der Waals surface area contributed by atoms with E-state index in [0.29, 0.717) is 5.03 Å². The lowest BCUT2D eigenvalue weighted by atomic mass is 10.5. The zero-order valence-corrected chi connectivity index (χ0v) is 8.67. The first-order chi connectivity index (χ1) is 4.46. The number of hydrogen-bond donors (Lipinski definition) is 0. The summed E-state index contributed by atoms with van der Waals surface area (Å²) in [5.74, 6) is 0. The van der Waals surface area contributed by atoms with Crippen molar-refractivity contribution >= 4 is 58.0 Å². The number of halogens is 5. The van der Waals surface area contributed by atoms with Gasteiger partial charge in [-0.1, -0.05) is 58.0 Å². The van der Waals surface area contributed by atoms with Crippen LogP contribution < -0.4 is 0 Å². The van der Waals surface area contributed by atoms with Crippen LogP contribution >= 0.6 is 58.0 Å². The molecular weight excluding hydrogens is 237 g/mol. The lowest BCUT2D eigenvalue weighted by molar-refractivity contribution is 1.61. The first kappa shape index (κ1) is 10.9. The van der Waals surface area contributed by atoms with Crippen LogP contribution in [0.1, 0.15) is 6.92 Å². The smallest absolute Gasteiger partial charge is 0.0878 e. The van der Waals surface area contributed by atoms with E-state index in [2.05, 4.69) is 0 Å². The highest BCUT2D eigenvalue weighted by atomic mass is 35.5. The Labute approximate surface area is 84.3 Å². The molecule has 0 unspecified atom stereocenters. The van der Waals surface area contributed by atoms with E-state index in [1.807, 2.05) is 0 Å². The average molecular weight is 240 g/mol. The summed E-state index contributed by atoms with van der Waals surface area (Å²) in [5, 5.41) is 0.589. The van der Waals surface area contributed by atoms with E-state index in [1.54, 1.807) is 6.92 Å². The Morgan fingerprint density at radius 3 is 1.30 bits per heavy atom. The highest BCUT2D eigenvalue weighted by Gasteiger charge is 2.05. The summed E-state index contributed by atoms with van der Waals surface area (Å²) >= 11 is 27.1. The van der Waals surface area contributed by atoms with Gasteiger partial charge in [-0.15, -0.1) is 0 Å². The molecule has 0 aromatic rings. The van der Waals surface area contributed by atoms with Gasteiger partial charge in [0.1, 0.15) is 4.49 Å². The third-order valence-corrected chi connectivity index (χ3v) is 2.47. The van der Waals surface area contributed by atoms with E-state index < -0.39 is 0 Å². The molecule has 0 aromatic carbocycles. The summed E-state index contributed by atoms with van der Waals surface area (Å²) < 4.78 is -0.0910. The zero-order chi connectivity index (χ0) is 8.31. The van der Waals surface area contributed by atoms with Crippen LogP contribution in [0.25, 0.3) is 0 Å². The van der Waals surface area contributed by atoms with Gasteiger partial charge in [0, 0.05) is 5.03 Å². The molecule has 0 N–H and O–H groups in total. The topological polar surface area (TPSA) is 0 Å². The molecule has 0 rings (SSSR count). The SMILES string of the molecule is CC(Cl)=C(Cl)C(Cl)=C(Cl)Cl. The van der Waals surface area contributed by atoms with Crippen LogP contribution in [0, 0.1) is 0 Å². The molecule has 0 aliphatic heterocycles. The Bertz CT molecular complexity index is 160. The molecular formula is C5H3Cl5. The highest BCUT2D eigenvalue weighted by molar-refractivity contribution is 6.62. The lowest BCUT2D eigenvalue weighted by Gasteiger charge is -1.96. The van der Waals surface area contributed by atoms with Gasteiger partial charge >= 0.3 is 0 Å². The monoisotopic (exact) mass is 238 g/mol. The second-order valence-corrected chi connectivity index (χ2v) is 3.69. The summed E-state index contributed by atoms with van der Waals surface area (Å²) in [5.41, 5.74) is 0. The minimum atomic E-state index is -0.0910. The standard InChI is InChI=1S/C5H3Cl5/c1-2(6)3(7)4(8)5(9)10/h1H3. The van der Waals surface area contributed by atoms with Crippen LogP contribution in [0.15, 0.2) is 19.6 Å². The quantitative estimate of drug-likeness (QED) is 0.588. The molecule has 0 radical (unpaired) electrons. The molecule has 5 heteroatoms. The van der Waals surface area contributed by atoms with Crippen molar-refractivity contribution in [2.75, 3.05) is 0 Å². The minimum Gasteiger partial charge on any atom is -0.0878 e. The summed E-state index contributed by atoms with van der Waals surface area (Å²) in [7, 11) is 0. The van der Waals surface area contributed by atoms with Gasteiger partial charge < -0.3 is 0 Å². The largest absolute Gasteiger partial charge is 0.126 e. The molecule has 0 aliphatic rings. The van der Waals surface area contributed by atoms with Crippen molar-refractivity contribution in [2.24, 2.45) is 0 Å². The van der Waals surface area contributed by atoms with E-state index in [0.717, 1.165) is 0 Å². The summed E-state index contributed by atoms with van der Waals surface area (Å²) in [6, 6.07) is 0. The van der Waals surface area contributed by atoms with Crippen molar-refractivity contribution in [1.29, 1.82) is 0 Å². The third kappa shape index (κ3) is 3.36. The molecule has 0 fully saturated rings. The molecule has 0 aromatic heterocycles. The lowest BCUT2D eigenvalue weighted by Crippen LogP contribution is -1.75. The number of hydrogen-bond acceptors (Lipinski definition) is 0. The van der Waals surface area contributed by atoms with Gasteiger partial charge in [0.05, 0.1) is 10.1 Å². The third-order valence-electron chi connectivity index (χ3n) is 0.661. The van der Waals surface area contributed by atoms with E-state index in [1.165, 1.54) is 0 Å². The van der Waals surface area contributed by atoms with Crippen LogP contribution in [0.4, 0.5) is 0 Å². The van der Waals surface area contributed by atoms with Crippen molar-refractivity contribution in [3.05, 3.63) is 19.6 Å². The van der Waals surface area contributed by atoms with Gasteiger partial charge in [-0.05, 0) is 6.92 Å². The predicted octanol–water partition coefficient (Wildman–Crippen LogP) is 4.58. The maximum atomic E-state index is 5.55. The molecule has 0 saturated carbocycles. The van der Waals surface area contributed by atoms with Gasteiger partial charge in [-0.2, -0.15) is 0 Å². The maximum Gasteiger partial charge on any atom is 0.126 e. The Balaban J connectivity index is 4.71. The van der Waals surface area contributed by atoms with E-state index in [-0.39, 0.29) is 14.6 Å². The summed E-state index contributed by atoms with van der Waals surface area (Å²) in [6.45, 7) is 1.59. The highest BCUT2D eigenvalue weighted by Crippen LogP contribution is 2.30. The number of rotatable bonds is 1. The molecule has 0 aliphatic carbocycles. The van der Waals surface area contributed by atoms with Crippen molar-refractivity contribution < 1.29 is 0 Å². The van der Waals surface area contributed by atoms with Crippen molar-refractivity contribution in [2.45, 2.75) is 6.92 Å². The van der Waals surface area contributed by atoms with E-state index in [4.69, 9.17) is 58.0 Å². The molecule has 0 amide bonds. The second kappa shape index (κ2) is 4.74. The average Bonchev–Trinajstić information content (AvgIpc) is 1.84. The van der Waals surface area contributed by atoms with Crippen LogP contribution in [0.5, 0.6) is 0 Å². The van der Waals surface area contributed by atoms with Crippen molar-refractivity contribution in [1.82, 2.24) is 0 Å². The van der Waals surface area contributed by atoms with Crippen LogP contribution in [0.2, 0.25) is 0 Å². The normalized spacial score (nSPS) is 12.6. The minimum absolute atomic E-state index is 0.0671. The molecule has 10 heavy (non-hydrogen) atoms. The Morgan fingerprint density at radius 1 is 0.800 bits per heavy atom. The molecule has 0 heterocycles. The fourth-order valence-corrected chi connectivity index (χ4v) is 0.899. The maximum absolute atomic E-state index is 5.55. The Morgan fingerprint density at radius 2 is 1.20 bits per heavy atom. The fraction of sp³-hybridized carbons (Fsp3) is 0.200. The van der Waals surface area contributed by atoms with E-state index >= 15 is 0 Å². The summed E-state index contributed by atoms with van der Waals surface area (Å²) in [4.78, 5) is 0. The molecule has 0 bridgehead atoms. The Hall–Kier alpha value is 0.930. The second-order valence-electron chi connectivity index (χ2n) is 1.42. The van der Waals surface area contributed by atoms with Crippen molar-refractivity contribution in [3.8, 4) is 0 Å². The van der Waals surface area contributed by atoms with Gasteiger partial charge in [0.15, 0.2) is 0 Å². The van der Waals surface area contributed by atoms with Gasteiger partial charge in [0.25, 0.3) is 0 Å². The van der Waals surface area contributed by atoms with Crippen LogP contribution in [-0.4, -0.2) is 0 Å². The van der Waals surface area contributed by atoms with E-state index in [9.17, 15) is 0 Å². The predicted molar refractivity (Wildman–Crippen MR) is 49.0 cm³/mol. The number of allylic oxidation sites excluding steroid dienone is 3. The summed E-state index contributed by atoms with van der Waals surface area (Å²) in [6.07, 6.45) is 0. The molecule has 0 atom stereocenters. The molecule has 58 valence electrons. The molecule has 0 spiro atoms. The zero-order valence-electron chi connectivity index (χ0n) is 4.89. The first-order valence-electron chi connectivity index (χ1n) is 2.19. The van der Waals surface area contributed by atoms with Gasteiger partial charge in [0.2, 0.25) is 0 Å². The van der Waals surface area contributed by atoms with Crippen LogP contribution in [0.3, 0.4) is 0 Å². The molecule has 0 nitrogen and oxygen atoms in total. The first-order valence-corrected chi connectivity index (χ1v) is 4.08. The van der Waals surface area contributed by atoms with Crippen LogP contribution in [-0.2, 0) is 0 Å². The van der Waals surface area contributed by atoms with Gasteiger partial charge in [-0.25, -0.2) is 0 Å². The van der Waals surface area contributed by atoms with Crippen molar-refractivity contribution in [3.63, 3.8) is 0 Å². The fourth-order valence-electron chi connectivity index (χ4n) is 0.234. The van der Waals surface area contributed by atoms with Gasteiger partial charge in [-0.3, -0.25) is 0 Å².